The molecule has 3 rings (SSSR count). The van der Waals surface area contributed by atoms with Gasteiger partial charge < -0.3 is 20.9 Å². The van der Waals surface area contributed by atoms with Crippen LogP contribution in [-0.4, -0.2) is 56.7 Å². The van der Waals surface area contributed by atoms with Gasteiger partial charge in [-0.15, -0.1) is 0 Å². The van der Waals surface area contributed by atoms with Gasteiger partial charge in [0, 0.05) is 36.5 Å². The fourth-order valence-electron chi connectivity index (χ4n) is 3.46. The highest BCUT2D eigenvalue weighted by molar-refractivity contribution is 6.04. The summed E-state index contributed by atoms with van der Waals surface area (Å²) in [4.78, 5) is 50.5. The second kappa shape index (κ2) is 10.2. The Morgan fingerprint density at radius 1 is 1.26 bits per heavy atom. The minimum atomic E-state index is -0.384. The second-order valence-electron chi connectivity index (χ2n) is 10.00. The van der Waals surface area contributed by atoms with Crippen molar-refractivity contribution in [2.45, 2.75) is 47.6 Å². The summed E-state index contributed by atoms with van der Waals surface area (Å²) >= 11 is 0. The average molecular weight is 479 g/mol. The van der Waals surface area contributed by atoms with E-state index in [9.17, 15) is 14.4 Å². The van der Waals surface area contributed by atoms with Gasteiger partial charge in [-0.05, 0) is 26.2 Å². The minimum Gasteiger partial charge on any atom is -0.369 e. The smallest absolute Gasteiger partial charge is 0.255 e. The molecule has 0 aliphatic carbocycles. The zero-order valence-corrected chi connectivity index (χ0v) is 21.2. The summed E-state index contributed by atoms with van der Waals surface area (Å²) in [6, 6.07) is -0.0371. The van der Waals surface area contributed by atoms with E-state index >= 15 is 0 Å². The molecule has 9 heteroatoms. The molecule has 1 aliphatic heterocycles. The summed E-state index contributed by atoms with van der Waals surface area (Å²) in [6.07, 6.45) is 10.5. The summed E-state index contributed by atoms with van der Waals surface area (Å²) in [7, 11) is 0. The maximum atomic E-state index is 12.9. The first kappa shape index (κ1) is 25.9. The van der Waals surface area contributed by atoms with Gasteiger partial charge in [-0.1, -0.05) is 45.1 Å². The van der Waals surface area contributed by atoms with E-state index < -0.39 is 0 Å². The lowest BCUT2D eigenvalue weighted by molar-refractivity contribution is -0.138. The lowest BCUT2D eigenvalue weighted by Crippen LogP contribution is -2.54. The molecule has 0 bridgehead atoms. The van der Waals surface area contributed by atoms with Crippen LogP contribution in [0.4, 0.5) is 0 Å². The first-order valence-electron chi connectivity index (χ1n) is 11.7. The largest absolute Gasteiger partial charge is 0.369 e. The van der Waals surface area contributed by atoms with Crippen LogP contribution in [-0.2, 0) is 9.59 Å². The molecule has 186 valence electrons. The molecule has 0 aromatic carbocycles. The highest BCUT2D eigenvalue weighted by Crippen LogP contribution is 2.23. The molecule has 0 spiro atoms. The number of amides is 3. The molecule has 35 heavy (non-hydrogen) atoms. The van der Waals surface area contributed by atoms with Crippen molar-refractivity contribution in [2.24, 2.45) is 17.1 Å². The van der Waals surface area contributed by atoms with E-state index in [4.69, 9.17) is 10.7 Å². The first-order valence-corrected chi connectivity index (χ1v) is 11.7. The molecule has 1 fully saturated rings. The first-order chi connectivity index (χ1) is 16.4. The maximum Gasteiger partial charge on any atom is 0.255 e. The van der Waals surface area contributed by atoms with E-state index in [2.05, 4.69) is 36.1 Å². The summed E-state index contributed by atoms with van der Waals surface area (Å²) in [6.45, 7) is 12.5. The van der Waals surface area contributed by atoms with E-state index in [1.807, 2.05) is 26.0 Å². The van der Waals surface area contributed by atoms with Crippen LogP contribution in [0.15, 0.2) is 42.3 Å². The van der Waals surface area contributed by atoms with Crippen LogP contribution in [0.1, 0.15) is 57.6 Å². The van der Waals surface area contributed by atoms with Crippen LogP contribution >= 0.6 is 0 Å². The number of carbonyl (C=O) groups is 3. The number of hydrogen-bond acceptors (Lipinski definition) is 5. The van der Waals surface area contributed by atoms with Crippen molar-refractivity contribution in [3.63, 3.8) is 0 Å². The number of aromatic amines is 1. The summed E-state index contributed by atoms with van der Waals surface area (Å²) in [5, 5.41) is 3.04. The van der Waals surface area contributed by atoms with Gasteiger partial charge in [0.2, 0.25) is 11.8 Å². The molecule has 3 amide bonds. The van der Waals surface area contributed by atoms with Gasteiger partial charge in [-0.25, -0.2) is 9.97 Å². The predicted molar refractivity (Wildman–Crippen MR) is 136 cm³/mol. The maximum absolute atomic E-state index is 12.9. The lowest BCUT2D eigenvalue weighted by Gasteiger charge is -2.37. The van der Waals surface area contributed by atoms with Gasteiger partial charge in [0.05, 0.1) is 23.4 Å². The monoisotopic (exact) mass is 478 g/mol. The van der Waals surface area contributed by atoms with Crippen LogP contribution in [0, 0.1) is 11.3 Å². The third-order valence-corrected chi connectivity index (χ3v) is 6.34. The molecule has 1 atom stereocenters. The van der Waals surface area contributed by atoms with Gasteiger partial charge in [-0.2, -0.15) is 0 Å². The number of fused-ring (bicyclic) bond motifs is 1. The lowest BCUT2D eigenvalue weighted by atomic mass is 9.88. The van der Waals surface area contributed by atoms with Crippen molar-refractivity contribution >= 4 is 34.5 Å². The van der Waals surface area contributed by atoms with Crippen LogP contribution in [0.3, 0.4) is 0 Å². The number of nitrogens with zero attached hydrogens (tertiary/aromatic N) is 3. The molecule has 1 aliphatic rings. The Labute approximate surface area is 205 Å². The number of likely N-dealkylation sites (tertiary alicyclic amines) is 1. The van der Waals surface area contributed by atoms with Crippen LogP contribution in [0.5, 0.6) is 0 Å². The number of nitrogens with one attached hydrogen (secondary N) is 2. The zero-order valence-electron chi connectivity index (χ0n) is 21.2. The van der Waals surface area contributed by atoms with Gasteiger partial charge >= 0.3 is 0 Å². The zero-order chi connectivity index (χ0) is 25.9. The van der Waals surface area contributed by atoms with E-state index in [0.29, 0.717) is 41.1 Å². The molecule has 9 nitrogen and oxygen atoms in total. The van der Waals surface area contributed by atoms with Crippen LogP contribution < -0.4 is 11.1 Å². The molecule has 0 saturated carbocycles. The number of nitrogens with two attached hydrogens (primary N) is 1. The number of aromatic nitrogens is 3. The average Bonchev–Trinajstić information content (AvgIpc) is 3.17. The minimum absolute atomic E-state index is 0.0371. The van der Waals surface area contributed by atoms with Crippen molar-refractivity contribution in [3.8, 4) is 0 Å². The standard InChI is InChI=1S/C26H34N6O3/c1-7-8-17(10-9-15(2)25(35)32-13-18(14-32)22(27)33)20-12-29-23-21(31-20)19(11-28-23)24(34)30-16(3)26(4,5)6/h7-12,16,18H,13-14H2,1-6H3,(H2,27,33)(H,28,29)(H,30,34)/b8-7+,15-9+,17-10+/t16-/m0/s1. The molecule has 3 heterocycles. The quantitative estimate of drug-likeness (QED) is 0.415. The SMILES string of the molecule is C/C=C/C(=C\C=C(/C)C(=O)N1CC(C(N)=O)C1)c1cnc2[nH]cc(C(=O)N[C@@H](C)C(C)(C)C)c2n1. The Bertz CT molecular complexity index is 1230. The van der Waals surface area contributed by atoms with Crippen molar-refractivity contribution in [1.82, 2.24) is 25.2 Å². The highest BCUT2D eigenvalue weighted by Gasteiger charge is 2.34. The van der Waals surface area contributed by atoms with E-state index in [0.717, 1.165) is 5.57 Å². The second-order valence-corrected chi connectivity index (χ2v) is 10.00. The van der Waals surface area contributed by atoms with Gasteiger partial charge in [0.1, 0.15) is 5.52 Å². The summed E-state index contributed by atoms with van der Waals surface area (Å²) in [5.74, 6) is -1.02. The Balaban J connectivity index is 1.86. The fourth-order valence-corrected chi connectivity index (χ4v) is 3.46. The van der Waals surface area contributed by atoms with E-state index in [1.54, 1.807) is 36.4 Å². The molecule has 0 unspecified atom stereocenters. The highest BCUT2D eigenvalue weighted by atomic mass is 16.2. The van der Waals surface area contributed by atoms with Crippen LogP contribution in [0.2, 0.25) is 0 Å². The Kier molecular flexibility index (Phi) is 7.57. The molecule has 1 saturated heterocycles. The van der Waals surface area contributed by atoms with Crippen LogP contribution in [0.25, 0.3) is 16.7 Å². The number of hydrogen-bond donors (Lipinski definition) is 3. The molecule has 2 aromatic heterocycles. The van der Waals surface area contributed by atoms with Gasteiger partial charge in [0.25, 0.3) is 5.91 Å². The van der Waals surface area contributed by atoms with Crippen molar-refractivity contribution in [3.05, 3.63) is 53.5 Å². The summed E-state index contributed by atoms with van der Waals surface area (Å²) < 4.78 is 0. The number of rotatable bonds is 7. The van der Waals surface area contributed by atoms with Gasteiger partial charge in [0.15, 0.2) is 5.65 Å². The van der Waals surface area contributed by atoms with Gasteiger partial charge in [-0.3, -0.25) is 14.4 Å². The molecule has 2 aromatic rings. The predicted octanol–water partition coefficient (Wildman–Crippen LogP) is 2.97. The van der Waals surface area contributed by atoms with Crippen molar-refractivity contribution in [1.29, 1.82) is 0 Å². The Hall–Kier alpha value is -3.75. The fraction of sp³-hybridized carbons (Fsp3) is 0.423. The number of H-pyrrole nitrogens is 1. The number of carbonyl (C=O) groups excluding carboxylic acids is 3. The molecular formula is C26H34N6O3. The Morgan fingerprint density at radius 3 is 2.54 bits per heavy atom. The number of primary amides is 1. The Morgan fingerprint density at radius 2 is 1.94 bits per heavy atom. The number of allylic oxidation sites excluding steroid dienone is 5. The third-order valence-electron chi connectivity index (χ3n) is 6.34. The molecule has 0 radical (unpaired) electrons. The van der Waals surface area contributed by atoms with E-state index in [1.165, 1.54) is 0 Å². The third kappa shape index (κ3) is 5.85. The summed E-state index contributed by atoms with van der Waals surface area (Å²) in [5.41, 5.74) is 8.47. The van der Waals surface area contributed by atoms with E-state index in [-0.39, 0.29) is 35.1 Å². The van der Waals surface area contributed by atoms with Crippen molar-refractivity contribution < 1.29 is 14.4 Å². The topological polar surface area (TPSA) is 134 Å². The van der Waals surface area contributed by atoms with Crippen molar-refractivity contribution in [2.75, 3.05) is 13.1 Å². The normalized spacial score (nSPS) is 16.5. The molecular weight excluding hydrogens is 444 g/mol. The molecule has 4 N–H and O–H groups in total.